The summed E-state index contributed by atoms with van der Waals surface area (Å²) in [7, 11) is 2.90. The first-order valence-corrected chi connectivity index (χ1v) is 12.0. The summed E-state index contributed by atoms with van der Waals surface area (Å²) in [5.41, 5.74) is 3.16. The zero-order valence-corrected chi connectivity index (χ0v) is 20.6. The molecule has 4 unspecified atom stereocenters. The number of rotatable bonds is 6. The van der Waals surface area contributed by atoms with Crippen LogP contribution in [0.25, 0.3) is 0 Å². The third kappa shape index (κ3) is 3.71. The lowest BCUT2D eigenvalue weighted by Crippen LogP contribution is -2.37. The minimum Gasteiger partial charge on any atom is -0.545 e. The highest BCUT2D eigenvalue weighted by molar-refractivity contribution is 5.86. The van der Waals surface area contributed by atoms with Gasteiger partial charge >= 0.3 is 5.97 Å². The number of nitrogens with one attached hydrogen (secondary N) is 1. The number of phenolic OH excluding ortho intramolecular Hbond substituents is 1. The van der Waals surface area contributed by atoms with Crippen LogP contribution >= 0.6 is 0 Å². The second-order valence-electron chi connectivity index (χ2n) is 9.39. The first kappa shape index (κ1) is 23.8. The van der Waals surface area contributed by atoms with Crippen molar-refractivity contribution in [3.8, 4) is 28.7 Å². The van der Waals surface area contributed by atoms with Crippen LogP contribution in [0.4, 0.5) is 5.69 Å². The molecule has 6 rings (SSSR count). The van der Waals surface area contributed by atoms with Crippen LogP contribution in [0.5, 0.6) is 28.7 Å². The van der Waals surface area contributed by atoms with Crippen molar-refractivity contribution in [3.05, 3.63) is 70.8 Å². The maximum atomic E-state index is 13.2. The fourth-order valence-corrected chi connectivity index (χ4v) is 5.72. The van der Waals surface area contributed by atoms with Crippen LogP contribution in [0, 0.1) is 11.8 Å². The van der Waals surface area contributed by atoms with Crippen LogP contribution in [0.15, 0.2) is 48.5 Å². The summed E-state index contributed by atoms with van der Waals surface area (Å²) in [5, 5.41) is 25.2. The van der Waals surface area contributed by atoms with Gasteiger partial charge in [-0.2, -0.15) is 0 Å². The Bertz CT molecular complexity index is 1410. The summed E-state index contributed by atoms with van der Waals surface area (Å²) in [6.07, 6.45) is 0. The van der Waals surface area contributed by atoms with E-state index in [2.05, 4.69) is 5.32 Å². The van der Waals surface area contributed by atoms with E-state index in [0.29, 0.717) is 22.7 Å². The average molecular weight is 518 g/mol. The molecule has 3 aromatic carbocycles. The third-order valence-electron chi connectivity index (χ3n) is 7.49. The number of esters is 1. The lowest BCUT2D eigenvalue weighted by molar-refractivity contribution is -0.255. The number of aromatic hydroxyl groups is 1. The normalized spacial score (nSPS) is 22.7. The number of carbonyl (C=O) groups excluding carboxylic acids is 2. The molecule has 2 heterocycles. The maximum Gasteiger partial charge on any atom is 0.310 e. The van der Waals surface area contributed by atoms with Crippen molar-refractivity contribution in [3.63, 3.8) is 0 Å². The predicted molar refractivity (Wildman–Crippen MR) is 131 cm³/mol. The molecule has 3 aliphatic rings. The number of phenols is 1. The minimum atomic E-state index is -1.26. The van der Waals surface area contributed by atoms with Gasteiger partial charge in [0, 0.05) is 17.5 Å². The van der Waals surface area contributed by atoms with Crippen LogP contribution in [-0.2, 0) is 9.53 Å². The molecule has 1 fully saturated rings. The summed E-state index contributed by atoms with van der Waals surface area (Å²) in [5.74, 6) is -1.44. The molecule has 0 bridgehead atoms. The molecule has 0 saturated carbocycles. The summed E-state index contributed by atoms with van der Waals surface area (Å²) in [6, 6.07) is 13.1. The Morgan fingerprint density at radius 1 is 0.974 bits per heavy atom. The van der Waals surface area contributed by atoms with Crippen molar-refractivity contribution in [1.82, 2.24) is 0 Å². The Morgan fingerprint density at radius 2 is 1.61 bits per heavy atom. The molecular formula is C28H24NO9-. The number of carboxylic acids is 1. The molecule has 4 atom stereocenters. The molecule has 10 nitrogen and oxygen atoms in total. The fraction of sp³-hybridized carbons (Fsp3) is 0.286. The lowest BCUT2D eigenvalue weighted by Gasteiger charge is -2.40. The number of carboxylic acid groups (broad SMARTS) is 1. The molecule has 2 aliphatic heterocycles. The SMILES string of the molecule is COc1cc(C2c3cc4c(cc3C(Nc3ccc(C(=O)[O-])cc3)C3COC(=O)C23)OCO4)cc(OC)c1O. The van der Waals surface area contributed by atoms with Gasteiger partial charge in [0.05, 0.1) is 38.8 Å². The number of fused-ring (bicyclic) bond motifs is 3. The highest BCUT2D eigenvalue weighted by Gasteiger charge is 2.52. The van der Waals surface area contributed by atoms with Crippen molar-refractivity contribution in [2.24, 2.45) is 11.8 Å². The smallest absolute Gasteiger partial charge is 0.310 e. The average Bonchev–Trinajstić information content (AvgIpc) is 3.54. The molecule has 0 radical (unpaired) electrons. The molecule has 3 aromatic rings. The number of aromatic carboxylic acids is 1. The van der Waals surface area contributed by atoms with Gasteiger partial charge in [0.2, 0.25) is 12.5 Å². The number of anilines is 1. The summed E-state index contributed by atoms with van der Waals surface area (Å²) >= 11 is 0. The molecule has 0 aromatic heterocycles. The fourth-order valence-electron chi connectivity index (χ4n) is 5.72. The van der Waals surface area contributed by atoms with E-state index in [-0.39, 0.29) is 54.1 Å². The van der Waals surface area contributed by atoms with E-state index in [1.807, 2.05) is 12.1 Å². The summed E-state index contributed by atoms with van der Waals surface area (Å²) < 4.78 is 27.7. The number of methoxy groups -OCH3 is 2. The van der Waals surface area contributed by atoms with Gasteiger partial charge in [-0.05, 0) is 58.7 Å². The second-order valence-corrected chi connectivity index (χ2v) is 9.39. The van der Waals surface area contributed by atoms with Gasteiger partial charge in [-0.15, -0.1) is 0 Å². The molecule has 0 spiro atoms. The topological polar surface area (TPSA) is 136 Å². The van der Waals surface area contributed by atoms with Crippen molar-refractivity contribution < 1.29 is 43.5 Å². The Kier molecular flexibility index (Phi) is 5.67. The molecule has 1 aliphatic carbocycles. The van der Waals surface area contributed by atoms with Crippen LogP contribution in [0.2, 0.25) is 0 Å². The van der Waals surface area contributed by atoms with E-state index >= 15 is 0 Å². The third-order valence-corrected chi connectivity index (χ3v) is 7.49. The minimum absolute atomic E-state index is 0.0653. The number of hydrogen-bond donors (Lipinski definition) is 2. The van der Waals surface area contributed by atoms with Crippen molar-refractivity contribution >= 4 is 17.6 Å². The second kappa shape index (κ2) is 9.05. The van der Waals surface area contributed by atoms with Gasteiger partial charge in [-0.1, -0.05) is 12.1 Å². The molecule has 2 N–H and O–H groups in total. The van der Waals surface area contributed by atoms with Gasteiger partial charge in [-0.3, -0.25) is 4.79 Å². The van der Waals surface area contributed by atoms with Crippen molar-refractivity contribution in [2.45, 2.75) is 12.0 Å². The van der Waals surface area contributed by atoms with Crippen LogP contribution in [0.3, 0.4) is 0 Å². The van der Waals surface area contributed by atoms with Gasteiger partial charge in [0.1, 0.15) is 0 Å². The standard InChI is InChI=1S/C28H25NO9/c1-34-21-7-14(8-22(35-2)26(21)30)23-16-9-19-20(38-12-37-19)10-17(16)25(18-11-36-28(33)24(18)23)29-15-5-3-13(4-6-15)27(31)32/h3-10,18,23-25,29-30H,11-12H2,1-2H3,(H,31,32)/p-1. The quantitative estimate of drug-likeness (QED) is 0.469. The summed E-state index contributed by atoms with van der Waals surface area (Å²) in [4.78, 5) is 24.4. The zero-order valence-electron chi connectivity index (χ0n) is 20.6. The Balaban J connectivity index is 1.51. The number of cyclic esters (lactones) is 1. The van der Waals surface area contributed by atoms with Crippen molar-refractivity contribution in [2.75, 3.05) is 32.9 Å². The van der Waals surface area contributed by atoms with Crippen LogP contribution in [-0.4, -0.2) is 44.7 Å². The molecule has 38 heavy (non-hydrogen) atoms. The molecule has 0 amide bonds. The first-order chi connectivity index (χ1) is 18.4. The number of carbonyl (C=O) groups is 2. The van der Waals surface area contributed by atoms with Crippen molar-refractivity contribution in [1.29, 1.82) is 0 Å². The van der Waals surface area contributed by atoms with Gasteiger partial charge in [0.25, 0.3) is 0 Å². The van der Waals surface area contributed by atoms with E-state index in [0.717, 1.165) is 11.1 Å². The largest absolute Gasteiger partial charge is 0.545 e. The van der Waals surface area contributed by atoms with Gasteiger partial charge < -0.3 is 44.0 Å². The van der Waals surface area contributed by atoms with E-state index < -0.39 is 17.8 Å². The van der Waals surface area contributed by atoms with Gasteiger partial charge in [0.15, 0.2) is 23.0 Å². The Labute approximate surface area is 217 Å². The number of hydrogen-bond acceptors (Lipinski definition) is 10. The monoisotopic (exact) mass is 518 g/mol. The lowest BCUT2D eigenvalue weighted by atomic mass is 9.65. The molecule has 10 heteroatoms. The Morgan fingerprint density at radius 3 is 2.21 bits per heavy atom. The van der Waals surface area contributed by atoms with Gasteiger partial charge in [-0.25, -0.2) is 0 Å². The number of benzene rings is 3. The highest BCUT2D eigenvalue weighted by Crippen LogP contribution is 2.56. The Hall–Kier alpha value is -4.60. The van der Waals surface area contributed by atoms with Crippen LogP contribution < -0.4 is 29.4 Å². The highest BCUT2D eigenvalue weighted by atomic mass is 16.7. The molecule has 196 valence electrons. The van der Waals surface area contributed by atoms with E-state index in [4.69, 9.17) is 23.7 Å². The van der Waals surface area contributed by atoms with E-state index in [1.165, 1.54) is 26.4 Å². The first-order valence-electron chi connectivity index (χ1n) is 12.0. The molecule has 1 saturated heterocycles. The summed E-state index contributed by atoms with van der Waals surface area (Å²) in [6.45, 7) is 0.274. The zero-order chi connectivity index (χ0) is 26.6. The maximum absolute atomic E-state index is 13.2. The predicted octanol–water partition coefficient (Wildman–Crippen LogP) is 2.59. The number of ether oxygens (including phenoxy) is 5. The molecular weight excluding hydrogens is 494 g/mol. The van der Waals surface area contributed by atoms with E-state index in [1.54, 1.807) is 24.3 Å². The van der Waals surface area contributed by atoms with E-state index in [9.17, 15) is 19.8 Å². The van der Waals surface area contributed by atoms with Crippen LogP contribution in [0.1, 0.15) is 39.0 Å².